The zero-order valence-electron chi connectivity index (χ0n) is 13.8. The number of nitrogens with zero attached hydrogens (tertiary/aromatic N) is 2. The van der Waals surface area contributed by atoms with E-state index in [0.29, 0.717) is 36.3 Å². The van der Waals surface area contributed by atoms with Crippen molar-refractivity contribution in [2.24, 2.45) is 4.99 Å². The van der Waals surface area contributed by atoms with E-state index in [4.69, 9.17) is 21.1 Å². The summed E-state index contributed by atoms with van der Waals surface area (Å²) in [5.74, 6) is 2.18. The summed E-state index contributed by atoms with van der Waals surface area (Å²) in [5.41, 5.74) is 1.03. The van der Waals surface area contributed by atoms with Crippen molar-refractivity contribution < 1.29 is 9.47 Å². The summed E-state index contributed by atoms with van der Waals surface area (Å²) in [6.07, 6.45) is 3.98. The van der Waals surface area contributed by atoms with Crippen LogP contribution in [0.15, 0.2) is 29.8 Å². The van der Waals surface area contributed by atoms with Crippen LogP contribution in [0.25, 0.3) is 0 Å². The lowest BCUT2D eigenvalue weighted by Crippen LogP contribution is -2.39. The van der Waals surface area contributed by atoms with Gasteiger partial charge in [0.15, 0.2) is 17.5 Å². The highest BCUT2D eigenvalue weighted by molar-refractivity contribution is 6.32. The summed E-state index contributed by atoms with van der Waals surface area (Å²) in [7, 11) is 3.80. The molecule has 126 valence electrons. The van der Waals surface area contributed by atoms with Crippen LogP contribution in [-0.4, -0.2) is 44.7 Å². The van der Waals surface area contributed by atoms with E-state index >= 15 is 0 Å². The fraction of sp³-hybridized carbons (Fsp3) is 0.471. The maximum atomic E-state index is 6.26. The summed E-state index contributed by atoms with van der Waals surface area (Å²) in [5, 5.41) is 3.92. The van der Waals surface area contributed by atoms with E-state index in [1.54, 1.807) is 7.05 Å². The maximum Gasteiger partial charge on any atom is 0.193 e. The van der Waals surface area contributed by atoms with Gasteiger partial charge >= 0.3 is 0 Å². The number of benzene rings is 1. The summed E-state index contributed by atoms with van der Waals surface area (Å²) in [6.45, 7) is 6.37. The number of fused-ring (bicyclic) bond motifs is 1. The van der Waals surface area contributed by atoms with E-state index in [2.05, 4.69) is 21.8 Å². The number of hydrogen-bond donors (Lipinski definition) is 1. The molecule has 1 N–H and O–H groups in total. The normalized spacial score (nSPS) is 13.6. The molecule has 0 bridgehead atoms. The zero-order chi connectivity index (χ0) is 16.7. The molecule has 1 heterocycles. The van der Waals surface area contributed by atoms with Crippen molar-refractivity contribution in [3.63, 3.8) is 0 Å². The van der Waals surface area contributed by atoms with E-state index in [-0.39, 0.29) is 0 Å². The molecule has 0 saturated carbocycles. The third-order valence-corrected chi connectivity index (χ3v) is 3.86. The predicted octanol–water partition coefficient (Wildman–Crippen LogP) is 3.08. The van der Waals surface area contributed by atoms with Gasteiger partial charge in [-0.3, -0.25) is 4.99 Å². The molecule has 0 spiro atoms. The van der Waals surface area contributed by atoms with Crippen molar-refractivity contribution in [2.45, 2.75) is 19.4 Å². The van der Waals surface area contributed by atoms with Gasteiger partial charge in [0.1, 0.15) is 13.2 Å². The third-order valence-electron chi connectivity index (χ3n) is 3.58. The molecular formula is C17H24ClN3O2. The van der Waals surface area contributed by atoms with Gasteiger partial charge in [-0.25, -0.2) is 0 Å². The van der Waals surface area contributed by atoms with Gasteiger partial charge in [0, 0.05) is 27.2 Å². The number of guanidine groups is 1. The van der Waals surface area contributed by atoms with Crippen molar-refractivity contribution in [1.82, 2.24) is 10.2 Å². The Morgan fingerprint density at radius 2 is 2.22 bits per heavy atom. The Hall–Kier alpha value is -1.88. The SMILES string of the molecule is C=CCCCN(C)C(=NC)NCc1cc(Cl)c2c(c1)OCCO2. The molecule has 1 aliphatic heterocycles. The van der Waals surface area contributed by atoms with Crippen molar-refractivity contribution >= 4 is 17.6 Å². The average molecular weight is 338 g/mol. The van der Waals surface area contributed by atoms with Crippen molar-refractivity contribution in [3.8, 4) is 11.5 Å². The van der Waals surface area contributed by atoms with Crippen molar-refractivity contribution in [3.05, 3.63) is 35.4 Å². The molecule has 0 unspecified atom stereocenters. The Labute approximate surface area is 142 Å². The lowest BCUT2D eigenvalue weighted by molar-refractivity contribution is 0.171. The first kappa shape index (κ1) is 17.5. The molecule has 0 amide bonds. The van der Waals surface area contributed by atoms with Gasteiger partial charge in [-0.2, -0.15) is 0 Å². The Kier molecular flexibility index (Phi) is 6.59. The largest absolute Gasteiger partial charge is 0.486 e. The Morgan fingerprint density at radius 1 is 1.43 bits per heavy atom. The highest BCUT2D eigenvalue weighted by atomic mass is 35.5. The Morgan fingerprint density at radius 3 is 2.96 bits per heavy atom. The molecule has 0 atom stereocenters. The molecular weight excluding hydrogens is 314 g/mol. The second kappa shape index (κ2) is 8.67. The fourth-order valence-corrected chi connectivity index (χ4v) is 2.70. The summed E-state index contributed by atoms with van der Waals surface area (Å²) in [6, 6.07) is 3.85. The van der Waals surface area contributed by atoms with Gasteiger partial charge in [-0.1, -0.05) is 17.7 Å². The molecule has 6 heteroatoms. The molecule has 5 nitrogen and oxygen atoms in total. The van der Waals surface area contributed by atoms with Crippen LogP contribution in [0.5, 0.6) is 11.5 Å². The van der Waals surface area contributed by atoms with Crippen LogP contribution in [0, 0.1) is 0 Å². The first-order chi connectivity index (χ1) is 11.2. The molecule has 0 saturated heterocycles. The highest BCUT2D eigenvalue weighted by Gasteiger charge is 2.16. The van der Waals surface area contributed by atoms with Crippen molar-refractivity contribution in [1.29, 1.82) is 0 Å². The van der Waals surface area contributed by atoms with Crippen LogP contribution >= 0.6 is 11.6 Å². The van der Waals surface area contributed by atoms with Gasteiger partial charge in [0.05, 0.1) is 5.02 Å². The minimum absolute atomic E-state index is 0.534. The standard InChI is InChI=1S/C17H24ClN3O2/c1-4-5-6-7-21(3)17(19-2)20-12-13-10-14(18)16-15(11-13)22-8-9-23-16/h4,10-11H,1,5-9,12H2,2-3H3,(H,19,20). The number of nitrogens with one attached hydrogen (secondary N) is 1. The molecule has 0 aliphatic carbocycles. The van der Waals surface area contributed by atoms with E-state index in [1.165, 1.54) is 0 Å². The number of halogens is 1. The second-order valence-corrected chi connectivity index (χ2v) is 5.76. The van der Waals surface area contributed by atoms with Crippen LogP contribution in [-0.2, 0) is 6.54 Å². The highest BCUT2D eigenvalue weighted by Crippen LogP contribution is 2.38. The van der Waals surface area contributed by atoms with E-state index in [1.807, 2.05) is 25.3 Å². The van der Waals surface area contributed by atoms with Crippen molar-refractivity contribution in [2.75, 3.05) is 33.9 Å². The number of hydrogen-bond acceptors (Lipinski definition) is 3. The van der Waals surface area contributed by atoms with Crippen LogP contribution in [0.4, 0.5) is 0 Å². The molecule has 1 aromatic rings. The maximum absolute atomic E-state index is 6.26. The van der Waals surface area contributed by atoms with Gasteiger partial charge < -0.3 is 19.7 Å². The van der Waals surface area contributed by atoms with Crippen LogP contribution in [0.2, 0.25) is 5.02 Å². The number of allylic oxidation sites excluding steroid dienone is 1. The van der Waals surface area contributed by atoms with Gasteiger partial charge in [-0.15, -0.1) is 6.58 Å². The van der Waals surface area contributed by atoms with E-state index < -0.39 is 0 Å². The Bertz CT molecular complexity index is 575. The average Bonchev–Trinajstić information content (AvgIpc) is 2.56. The molecule has 1 aromatic carbocycles. The summed E-state index contributed by atoms with van der Waals surface area (Å²) < 4.78 is 11.1. The van der Waals surface area contributed by atoms with Crippen LogP contribution < -0.4 is 14.8 Å². The number of ether oxygens (including phenoxy) is 2. The lowest BCUT2D eigenvalue weighted by Gasteiger charge is -2.23. The van der Waals surface area contributed by atoms with E-state index in [0.717, 1.165) is 30.9 Å². The van der Waals surface area contributed by atoms with Gasteiger partial charge in [0.25, 0.3) is 0 Å². The second-order valence-electron chi connectivity index (χ2n) is 5.36. The van der Waals surface area contributed by atoms with Crippen LogP contribution in [0.1, 0.15) is 18.4 Å². The number of aliphatic imine (C=N–C) groups is 1. The molecule has 0 fully saturated rings. The Balaban J connectivity index is 1.96. The first-order valence-corrected chi connectivity index (χ1v) is 8.14. The smallest absolute Gasteiger partial charge is 0.193 e. The topological polar surface area (TPSA) is 46.1 Å². The van der Waals surface area contributed by atoms with Crippen LogP contribution in [0.3, 0.4) is 0 Å². The van der Waals surface area contributed by atoms with E-state index in [9.17, 15) is 0 Å². The fourth-order valence-electron chi connectivity index (χ4n) is 2.41. The number of unbranched alkanes of at least 4 members (excludes halogenated alkanes) is 1. The minimum Gasteiger partial charge on any atom is -0.486 e. The van der Waals surface area contributed by atoms with Gasteiger partial charge in [-0.05, 0) is 30.5 Å². The summed E-state index contributed by atoms with van der Waals surface area (Å²) in [4.78, 5) is 6.41. The molecule has 0 aromatic heterocycles. The molecule has 1 aliphatic rings. The third kappa shape index (κ3) is 4.79. The monoisotopic (exact) mass is 337 g/mol. The molecule has 2 rings (SSSR count). The number of rotatable bonds is 6. The predicted molar refractivity (Wildman–Crippen MR) is 94.7 cm³/mol. The molecule has 0 radical (unpaired) electrons. The quantitative estimate of drug-likeness (QED) is 0.375. The lowest BCUT2D eigenvalue weighted by atomic mass is 10.2. The zero-order valence-corrected chi connectivity index (χ0v) is 14.5. The minimum atomic E-state index is 0.534. The first-order valence-electron chi connectivity index (χ1n) is 7.76. The molecule has 23 heavy (non-hydrogen) atoms. The van der Waals surface area contributed by atoms with Gasteiger partial charge in [0.2, 0.25) is 0 Å². The summed E-state index contributed by atoms with van der Waals surface area (Å²) >= 11 is 6.26.